The van der Waals surface area contributed by atoms with Crippen molar-refractivity contribution >= 4 is 24.4 Å². The van der Waals surface area contributed by atoms with Gasteiger partial charge in [-0.05, 0) is 0 Å². The van der Waals surface area contributed by atoms with E-state index in [1.807, 2.05) is 48.0 Å². The van der Waals surface area contributed by atoms with E-state index < -0.39 is 0 Å². The molecule has 102 valence electrons. The third kappa shape index (κ3) is 2.50. The molecule has 0 saturated carbocycles. The fraction of sp³-hybridized carbons (Fsp3) is 0.188. The molecule has 1 aromatic heterocycles. The van der Waals surface area contributed by atoms with Crippen molar-refractivity contribution in [1.29, 1.82) is 0 Å². The Labute approximate surface area is 124 Å². The minimum atomic E-state index is 0.0460. The Morgan fingerprint density at radius 1 is 1.10 bits per heavy atom. The van der Waals surface area contributed by atoms with E-state index in [2.05, 4.69) is 23.1 Å². The standard InChI is InChI=1S/C16H16N2OSe/c1-17(2)11-12-6-5-7-13(10-12)18-16(19)14-8-3-4-9-15(14)20-18/h3-10H,11H2,1-2H3. The van der Waals surface area contributed by atoms with Gasteiger partial charge in [-0.1, -0.05) is 0 Å². The number of aromatic nitrogens is 1. The number of rotatable bonds is 3. The van der Waals surface area contributed by atoms with Gasteiger partial charge in [-0.15, -0.1) is 0 Å². The van der Waals surface area contributed by atoms with Gasteiger partial charge < -0.3 is 0 Å². The average molecular weight is 331 g/mol. The number of nitrogens with zero attached hydrogens (tertiary/aromatic N) is 2. The molecular weight excluding hydrogens is 315 g/mol. The zero-order valence-electron chi connectivity index (χ0n) is 11.5. The molecule has 0 spiro atoms. The van der Waals surface area contributed by atoms with Gasteiger partial charge in [0.2, 0.25) is 0 Å². The Hall–Kier alpha value is -1.61. The van der Waals surface area contributed by atoms with Crippen molar-refractivity contribution in [2.45, 2.75) is 6.54 Å². The van der Waals surface area contributed by atoms with Gasteiger partial charge in [0.05, 0.1) is 0 Å². The fourth-order valence-electron chi connectivity index (χ4n) is 2.29. The number of hydrogen-bond donors (Lipinski definition) is 0. The first-order valence-corrected chi connectivity index (χ1v) is 8.12. The van der Waals surface area contributed by atoms with Crippen molar-refractivity contribution in [3.63, 3.8) is 0 Å². The quantitative estimate of drug-likeness (QED) is 0.687. The normalized spacial score (nSPS) is 11.3. The molecule has 4 heteroatoms. The van der Waals surface area contributed by atoms with Crippen LogP contribution in [0.3, 0.4) is 0 Å². The summed E-state index contributed by atoms with van der Waals surface area (Å²) in [6.45, 7) is 0.885. The summed E-state index contributed by atoms with van der Waals surface area (Å²) in [6, 6.07) is 16.2. The second kappa shape index (κ2) is 5.41. The average Bonchev–Trinajstić information content (AvgIpc) is 2.76. The molecule has 0 radical (unpaired) electrons. The van der Waals surface area contributed by atoms with Crippen molar-refractivity contribution < 1.29 is 0 Å². The van der Waals surface area contributed by atoms with Crippen molar-refractivity contribution in [1.82, 2.24) is 8.46 Å². The molecular formula is C16H16N2OSe. The predicted molar refractivity (Wildman–Crippen MR) is 83.9 cm³/mol. The third-order valence-corrected chi connectivity index (χ3v) is 5.47. The van der Waals surface area contributed by atoms with Crippen LogP contribution in [0.15, 0.2) is 53.3 Å². The minimum absolute atomic E-state index is 0.0460. The van der Waals surface area contributed by atoms with Gasteiger partial charge in [0.25, 0.3) is 0 Å². The molecule has 0 aliphatic rings. The number of fused-ring (bicyclic) bond motifs is 1. The zero-order valence-corrected chi connectivity index (χ0v) is 13.2. The Bertz CT molecular complexity index is 801. The first-order chi connectivity index (χ1) is 9.65. The van der Waals surface area contributed by atoms with Crippen LogP contribution in [0.2, 0.25) is 0 Å². The molecule has 0 aliphatic heterocycles. The van der Waals surface area contributed by atoms with E-state index in [1.54, 1.807) is 0 Å². The maximum absolute atomic E-state index is 12.5. The van der Waals surface area contributed by atoms with Crippen LogP contribution in [0.1, 0.15) is 5.56 Å². The molecule has 0 fully saturated rings. The SMILES string of the molecule is CN(C)Cc1cccc(-n2[se]c3ccccc3c2=O)c1. The fourth-order valence-corrected chi connectivity index (χ4v) is 4.37. The van der Waals surface area contributed by atoms with E-state index in [-0.39, 0.29) is 20.3 Å². The van der Waals surface area contributed by atoms with Crippen molar-refractivity contribution in [3.8, 4) is 5.69 Å². The van der Waals surface area contributed by atoms with Gasteiger partial charge in [-0.2, -0.15) is 0 Å². The molecule has 0 atom stereocenters. The van der Waals surface area contributed by atoms with Crippen LogP contribution >= 0.6 is 0 Å². The molecule has 2 aromatic carbocycles. The Balaban J connectivity index is 2.11. The summed E-state index contributed by atoms with van der Waals surface area (Å²) in [5.74, 6) is 0. The van der Waals surface area contributed by atoms with E-state index in [1.165, 1.54) is 9.82 Å². The topological polar surface area (TPSA) is 25.2 Å². The summed E-state index contributed by atoms with van der Waals surface area (Å²) in [5.41, 5.74) is 2.36. The third-order valence-electron chi connectivity index (χ3n) is 3.14. The number of benzene rings is 2. The molecule has 0 unspecified atom stereocenters. The van der Waals surface area contributed by atoms with E-state index in [9.17, 15) is 4.79 Å². The molecule has 0 bridgehead atoms. The van der Waals surface area contributed by atoms with Gasteiger partial charge in [0.1, 0.15) is 0 Å². The Morgan fingerprint density at radius 2 is 1.90 bits per heavy atom. The van der Waals surface area contributed by atoms with Crippen LogP contribution in [0, 0.1) is 0 Å². The molecule has 0 amide bonds. The second-order valence-corrected chi connectivity index (χ2v) is 7.17. The summed E-state index contributed by atoms with van der Waals surface area (Å²) in [7, 11) is 4.10. The predicted octanol–water partition coefficient (Wildman–Crippen LogP) is 2.11. The summed E-state index contributed by atoms with van der Waals surface area (Å²) in [5, 5.41) is 0.852. The van der Waals surface area contributed by atoms with Gasteiger partial charge in [-0.3, -0.25) is 0 Å². The zero-order chi connectivity index (χ0) is 14.1. The molecule has 3 rings (SSSR count). The van der Waals surface area contributed by atoms with E-state index >= 15 is 0 Å². The van der Waals surface area contributed by atoms with Gasteiger partial charge in [0, 0.05) is 0 Å². The van der Waals surface area contributed by atoms with Gasteiger partial charge >= 0.3 is 124 Å². The molecule has 3 aromatic rings. The molecule has 0 N–H and O–H groups in total. The van der Waals surface area contributed by atoms with Crippen LogP contribution in [0.4, 0.5) is 0 Å². The summed E-state index contributed by atoms with van der Waals surface area (Å²) < 4.78 is 3.08. The molecule has 0 saturated heterocycles. The maximum atomic E-state index is 12.5. The van der Waals surface area contributed by atoms with Gasteiger partial charge in [0.15, 0.2) is 0 Å². The Morgan fingerprint density at radius 3 is 2.65 bits per heavy atom. The first kappa shape index (κ1) is 13.4. The molecule has 20 heavy (non-hydrogen) atoms. The summed E-state index contributed by atoms with van der Waals surface area (Å²) in [4.78, 5) is 14.6. The van der Waals surface area contributed by atoms with Gasteiger partial charge in [-0.25, -0.2) is 0 Å². The van der Waals surface area contributed by atoms with E-state index in [0.717, 1.165) is 17.6 Å². The second-order valence-electron chi connectivity index (χ2n) is 5.09. The molecule has 0 aliphatic carbocycles. The Kier molecular flexibility index (Phi) is 3.62. The summed E-state index contributed by atoms with van der Waals surface area (Å²) >= 11 is 0.0460. The van der Waals surface area contributed by atoms with Crippen LogP contribution in [-0.4, -0.2) is 37.3 Å². The molecule has 1 heterocycles. The monoisotopic (exact) mass is 332 g/mol. The van der Waals surface area contributed by atoms with E-state index in [4.69, 9.17) is 0 Å². The van der Waals surface area contributed by atoms with Crippen LogP contribution < -0.4 is 5.56 Å². The summed E-state index contributed by atoms with van der Waals surface area (Å²) in [6.07, 6.45) is 0. The first-order valence-electron chi connectivity index (χ1n) is 6.50. The van der Waals surface area contributed by atoms with Crippen LogP contribution in [-0.2, 0) is 6.54 Å². The van der Waals surface area contributed by atoms with Crippen molar-refractivity contribution in [2.24, 2.45) is 0 Å². The van der Waals surface area contributed by atoms with E-state index in [0.29, 0.717) is 0 Å². The van der Waals surface area contributed by atoms with Crippen LogP contribution in [0.5, 0.6) is 0 Å². The molecule has 3 nitrogen and oxygen atoms in total. The van der Waals surface area contributed by atoms with Crippen LogP contribution in [0.25, 0.3) is 15.3 Å². The van der Waals surface area contributed by atoms with Crippen molar-refractivity contribution in [2.75, 3.05) is 14.1 Å². The number of hydrogen-bond acceptors (Lipinski definition) is 2. The van der Waals surface area contributed by atoms with Crippen molar-refractivity contribution in [3.05, 3.63) is 64.4 Å².